The number of hydrogen-bond acceptors (Lipinski definition) is 3. The van der Waals surface area contributed by atoms with Crippen LogP contribution in [0.25, 0.3) is 0 Å². The van der Waals surface area contributed by atoms with Gasteiger partial charge in [-0.15, -0.1) is 0 Å². The lowest BCUT2D eigenvalue weighted by atomic mass is 9.90. The molecule has 0 radical (unpaired) electrons. The van der Waals surface area contributed by atoms with Crippen LogP contribution >= 0.6 is 0 Å². The van der Waals surface area contributed by atoms with Gasteiger partial charge in [0.25, 0.3) is 0 Å². The van der Waals surface area contributed by atoms with E-state index in [1.54, 1.807) is 0 Å². The van der Waals surface area contributed by atoms with Gasteiger partial charge in [0.2, 0.25) is 5.91 Å². The Bertz CT molecular complexity index is 244. The topological polar surface area (TPSA) is 64.3 Å². The van der Waals surface area contributed by atoms with Gasteiger partial charge in [0, 0.05) is 12.1 Å². The van der Waals surface area contributed by atoms with Gasteiger partial charge in [0.15, 0.2) is 0 Å². The largest absolute Gasteiger partial charge is 0.368 e. The molecule has 0 heterocycles. The molecule has 4 heteroatoms. The van der Waals surface area contributed by atoms with Crippen molar-refractivity contribution in [1.82, 2.24) is 5.32 Å². The number of carbonyl (C=O) groups is 1. The molecule has 0 saturated heterocycles. The van der Waals surface area contributed by atoms with Gasteiger partial charge in [-0.3, -0.25) is 4.79 Å². The van der Waals surface area contributed by atoms with Crippen molar-refractivity contribution in [3.05, 3.63) is 0 Å². The van der Waals surface area contributed by atoms with Crippen molar-refractivity contribution >= 4 is 5.91 Å². The van der Waals surface area contributed by atoms with Gasteiger partial charge in [-0.2, -0.15) is 0 Å². The van der Waals surface area contributed by atoms with Crippen LogP contribution in [0.3, 0.4) is 0 Å². The highest BCUT2D eigenvalue weighted by Crippen LogP contribution is 2.21. The summed E-state index contributed by atoms with van der Waals surface area (Å²) in [5, 5.41) is 3.08. The van der Waals surface area contributed by atoms with Gasteiger partial charge in [-0.25, -0.2) is 0 Å². The zero-order valence-corrected chi connectivity index (χ0v) is 10.5. The van der Waals surface area contributed by atoms with Crippen LogP contribution in [0.15, 0.2) is 0 Å². The van der Waals surface area contributed by atoms with Crippen molar-refractivity contribution in [3.63, 3.8) is 0 Å². The van der Waals surface area contributed by atoms with Gasteiger partial charge >= 0.3 is 0 Å². The van der Waals surface area contributed by atoms with Gasteiger partial charge in [-0.05, 0) is 25.7 Å². The minimum Gasteiger partial charge on any atom is -0.368 e. The molecule has 2 aliphatic rings. The van der Waals surface area contributed by atoms with Crippen LogP contribution in [0.2, 0.25) is 0 Å². The molecule has 4 nitrogen and oxygen atoms in total. The van der Waals surface area contributed by atoms with E-state index in [4.69, 9.17) is 10.5 Å². The Morgan fingerprint density at radius 1 is 1.18 bits per heavy atom. The van der Waals surface area contributed by atoms with E-state index in [-0.39, 0.29) is 24.7 Å². The Morgan fingerprint density at radius 3 is 2.41 bits per heavy atom. The second-order valence-electron chi connectivity index (χ2n) is 5.42. The fraction of sp³-hybridized carbons (Fsp3) is 0.923. The smallest absolute Gasteiger partial charge is 0.246 e. The van der Waals surface area contributed by atoms with E-state index in [0.29, 0.717) is 6.04 Å². The maximum atomic E-state index is 11.7. The molecule has 0 aromatic heterocycles. The number of nitrogens with one attached hydrogen (secondary N) is 1. The number of ether oxygens (including phenoxy) is 1. The molecule has 0 atom stereocenters. The molecule has 0 aromatic rings. The Morgan fingerprint density at radius 2 is 1.82 bits per heavy atom. The third-order valence-corrected chi connectivity index (χ3v) is 3.80. The highest BCUT2D eigenvalue weighted by molar-refractivity contribution is 5.77. The first kappa shape index (κ1) is 12.8. The lowest BCUT2D eigenvalue weighted by Gasteiger charge is -2.32. The molecule has 3 N–H and O–H groups in total. The van der Waals surface area contributed by atoms with Gasteiger partial charge in [-0.1, -0.05) is 25.7 Å². The zero-order chi connectivity index (χ0) is 12.1. The number of nitrogens with two attached hydrogens (primary N) is 1. The van der Waals surface area contributed by atoms with E-state index in [2.05, 4.69) is 5.32 Å². The number of rotatable bonds is 4. The van der Waals surface area contributed by atoms with Crippen LogP contribution in [0.5, 0.6) is 0 Å². The maximum absolute atomic E-state index is 11.7. The molecule has 17 heavy (non-hydrogen) atoms. The lowest BCUT2D eigenvalue weighted by Crippen LogP contribution is -2.44. The maximum Gasteiger partial charge on any atom is 0.246 e. The molecule has 0 bridgehead atoms. The molecule has 2 rings (SSSR count). The van der Waals surface area contributed by atoms with Crippen molar-refractivity contribution < 1.29 is 9.53 Å². The van der Waals surface area contributed by atoms with Crippen LogP contribution in [0.4, 0.5) is 0 Å². The Balaban J connectivity index is 1.59. The molecule has 2 fully saturated rings. The SMILES string of the molecule is NC1CC(OCC(=O)NC2CCCCCC2)C1. The molecular formula is C13H24N2O2. The van der Waals surface area contributed by atoms with Crippen molar-refractivity contribution in [2.45, 2.75) is 69.6 Å². The normalized spacial score (nSPS) is 30.4. The molecular weight excluding hydrogens is 216 g/mol. The van der Waals surface area contributed by atoms with Crippen LogP contribution < -0.4 is 11.1 Å². The molecule has 0 spiro atoms. The predicted molar refractivity (Wildman–Crippen MR) is 66.6 cm³/mol. The molecule has 98 valence electrons. The van der Waals surface area contributed by atoms with Crippen molar-refractivity contribution in [3.8, 4) is 0 Å². The van der Waals surface area contributed by atoms with E-state index in [1.807, 2.05) is 0 Å². The van der Waals surface area contributed by atoms with Crippen LogP contribution in [0.1, 0.15) is 51.4 Å². The number of carbonyl (C=O) groups excluding carboxylic acids is 1. The molecule has 0 aromatic carbocycles. The molecule has 2 aliphatic carbocycles. The average Bonchev–Trinajstić information content (AvgIpc) is 2.51. The monoisotopic (exact) mass is 240 g/mol. The fourth-order valence-corrected chi connectivity index (χ4v) is 2.63. The summed E-state index contributed by atoms with van der Waals surface area (Å²) < 4.78 is 5.49. The summed E-state index contributed by atoms with van der Waals surface area (Å²) in [5.74, 6) is 0.0392. The molecule has 2 saturated carbocycles. The summed E-state index contributed by atoms with van der Waals surface area (Å²) >= 11 is 0. The molecule has 0 unspecified atom stereocenters. The Kier molecular flexibility index (Phi) is 4.80. The third-order valence-electron chi connectivity index (χ3n) is 3.80. The Labute approximate surface area is 103 Å². The zero-order valence-electron chi connectivity index (χ0n) is 10.5. The van der Waals surface area contributed by atoms with E-state index in [9.17, 15) is 4.79 Å². The quantitative estimate of drug-likeness (QED) is 0.729. The summed E-state index contributed by atoms with van der Waals surface area (Å²) in [4.78, 5) is 11.7. The molecule has 0 aliphatic heterocycles. The van der Waals surface area contributed by atoms with Gasteiger partial charge in [0.1, 0.15) is 6.61 Å². The van der Waals surface area contributed by atoms with E-state index in [0.717, 1.165) is 25.7 Å². The summed E-state index contributed by atoms with van der Waals surface area (Å²) in [6, 6.07) is 0.655. The number of amides is 1. The first-order chi connectivity index (χ1) is 8.24. The fourth-order valence-electron chi connectivity index (χ4n) is 2.63. The second kappa shape index (κ2) is 6.36. The highest BCUT2D eigenvalue weighted by Gasteiger charge is 2.27. The van der Waals surface area contributed by atoms with E-state index < -0.39 is 0 Å². The van der Waals surface area contributed by atoms with Gasteiger partial charge < -0.3 is 15.8 Å². The first-order valence-corrected chi connectivity index (χ1v) is 6.90. The van der Waals surface area contributed by atoms with E-state index >= 15 is 0 Å². The summed E-state index contributed by atoms with van der Waals surface area (Å²) in [7, 11) is 0. The van der Waals surface area contributed by atoms with Crippen molar-refractivity contribution in [1.29, 1.82) is 0 Å². The summed E-state index contributed by atoms with van der Waals surface area (Å²) in [6.45, 7) is 0.202. The third kappa shape index (κ3) is 4.28. The van der Waals surface area contributed by atoms with Crippen molar-refractivity contribution in [2.24, 2.45) is 5.73 Å². The highest BCUT2D eigenvalue weighted by atomic mass is 16.5. The standard InChI is InChI=1S/C13H24N2O2/c14-10-7-12(8-10)17-9-13(16)15-11-5-3-1-2-4-6-11/h10-12H,1-9,14H2,(H,15,16). The van der Waals surface area contributed by atoms with E-state index in [1.165, 1.54) is 25.7 Å². The van der Waals surface area contributed by atoms with Gasteiger partial charge in [0.05, 0.1) is 6.10 Å². The second-order valence-corrected chi connectivity index (χ2v) is 5.42. The minimum absolute atomic E-state index is 0.0392. The van der Waals surface area contributed by atoms with Crippen LogP contribution in [-0.2, 0) is 9.53 Å². The lowest BCUT2D eigenvalue weighted by molar-refractivity contribution is -0.130. The van der Waals surface area contributed by atoms with Crippen LogP contribution in [0, 0.1) is 0 Å². The minimum atomic E-state index is 0.0392. The summed E-state index contributed by atoms with van der Waals surface area (Å²) in [6.07, 6.45) is 9.36. The summed E-state index contributed by atoms with van der Waals surface area (Å²) in [5.41, 5.74) is 5.66. The average molecular weight is 240 g/mol. The number of hydrogen-bond donors (Lipinski definition) is 2. The first-order valence-electron chi connectivity index (χ1n) is 6.90. The van der Waals surface area contributed by atoms with Crippen molar-refractivity contribution in [2.75, 3.05) is 6.61 Å². The van der Waals surface area contributed by atoms with Crippen LogP contribution in [-0.4, -0.2) is 30.7 Å². The molecule has 1 amide bonds. The predicted octanol–water partition coefficient (Wildman–Crippen LogP) is 1.33. The Hall–Kier alpha value is -0.610.